The van der Waals surface area contributed by atoms with Crippen molar-refractivity contribution in [3.63, 3.8) is 0 Å². The second-order valence-electron chi connectivity index (χ2n) is 6.18. The van der Waals surface area contributed by atoms with Crippen LogP contribution in [0.2, 0.25) is 5.02 Å². The molecule has 0 radical (unpaired) electrons. The van der Waals surface area contributed by atoms with Gasteiger partial charge in [0.05, 0.1) is 11.1 Å². The van der Waals surface area contributed by atoms with E-state index in [9.17, 15) is 18.4 Å². The average molecular weight is 490 g/mol. The molecule has 0 unspecified atom stereocenters. The first-order valence-corrected chi connectivity index (χ1v) is 9.56. The van der Waals surface area contributed by atoms with Crippen molar-refractivity contribution in [2.24, 2.45) is 5.92 Å². The zero-order valence-electron chi connectivity index (χ0n) is 13.6. The van der Waals surface area contributed by atoms with Gasteiger partial charge in [-0.05, 0) is 71.8 Å². The van der Waals surface area contributed by atoms with Crippen LogP contribution in [0, 0.1) is 21.1 Å². The van der Waals surface area contributed by atoms with Crippen LogP contribution in [-0.4, -0.2) is 29.7 Å². The second-order valence-corrected chi connectivity index (χ2v) is 7.78. The molecule has 0 bridgehead atoms. The lowest BCUT2D eigenvalue weighted by atomic mass is 9.88. The van der Waals surface area contributed by atoms with Gasteiger partial charge in [-0.3, -0.25) is 9.59 Å². The van der Waals surface area contributed by atoms with E-state index in [0.717, 1.165) is 21.8 Å². The Morgan fingerprint density at radius 3 is 2.42 bits per heavy atom. The van der Waals surface area contributed by atoms with Crippen LogP contribution < -0.4 is 0 Å². The van der Waals surface area contributed by atoms with E-state index in [1.54, 1.807) is 23.1 Å². The number of carbonyl (C=O) groups is 2. The third-order valence-electron chi connectivity index (χ3n) is 4.51. The molecule has 2 aromatic carbocycles. The van der Waals surface area contributed by atoms with Gasteiger partial charge in [-0.2, -0.15) is 0 Å². The summed E-state index contributed by atoms with van der Waals surface area (Å²) in [4.78, 5) is 26.8. The molecule has 0 N–H and O–H groups in total. The van der Waals surface area contributed by atoms with E-state index >= 15 is 0 Å². The number of likely N-dealkylation sites (tertiary alicyclic amines) is 1. The lowest BCUT2D eigenvalue weighted by Crippen LogP contribution is -2.40. The molecule has 1 heterocycles. The fraction of sp³-hybridized carbons (Fsp3) is 0.263. The van der Waals surface area contributed by atoms with Crippen LogP contribution >= 0.6 is 34.2 Å². The minimum Gasteiger partial charge on any atom is -0.339 e. The molecule has 0 saturated carbocycles. The number of nitrogens with zero attached hydrogens (tertiary/aromatic N) is 1. The predicted octanol–water partition coefficient (Wildman–Crippen LogP) is 4.96. The van der Waals surface area contributed by atoms with Crippen molar-refractivity contribution < 1.29 is 18.4 Å². The molecule has 2 aromatic rings. The van der Waals surface area contributed by atoms with E-state index < -0.39 is 23.3 Å². The number of piperidine rings is 1. The van der Waals surface area contributed by atoms with Crippen LogP contribution in [-0.2, 0) is 0 Å². The predicted molar refractivity (Wildman–Crippen MR) is 103 cm³/mol. The van der Waals surface area contributed by atoms with Crippen LogP contribution in [0.3, 0.4) is 0 Å². The highest BCUT2D eigenvalue weighted by molar-refractivity contribution is 14.1. The number of rotatable bonds is 3. The van der Waals surface area contributed by atoms with E-state index in [1.807, 2.05) is 0 Å². The standard InChI is InChI=1S/C19H15ClF2INO2/c20-12-1-4-17(23)15(9-12)19(26)24-7-5-11(6-8-24)18(25)14-10-13(21)2-3-16(14)22/h1-4,9-11H,5-8H2. The highest BCUT2D eigenvalue weighted by Gasteiger charge is 2.30. The van der Waals surface area contributed by atoms with E-state index in [1.165, 1.54) is 0 Å². The fourth-order valence-corrected chi connectivity index (χ4v) is 3.82. The molecule has 0 aromatic heterocycles. The Bertz CT molecular complexity index is 795. The lowest BCUT2D eigenvalue weighted by Gasteiger charge is -2.31. The van der Waals surface area contributed by atoms with Crippen LogP contribution in [0.5, 0.6) is 0 Å². The Labute approximate surface area is 168 Å². The van der Waals surface area contributed by atoms with Gasteiger partial charge in [0, 0.05) is 27.6 Å². The number of hydrogen-bond acceptors (Lipinski definition) is 2. The van der Waals surface area contributed by atoms with Crippen molar-refractivity contribution in [1.29, 1.82) is 0 Å². The molecule has 136 valence electrons. The molecular weight excluding hydrogens is 475 g/mol. The summed E-state index contributed by atoms with van der Waals surface area (Å²) in [6.45, 7) is 0.767. The summed E-state index contributed by atoms with van der Waals surface area (Å²) in [5.74, 6) is -2.33. The van der Waals surface area contributed by atoms with Crippen molar-refractivity contribution in [2.45, 2.75) is 12.8 Å². The Balaban J connectivity index is 1.69. The molecular formula is C19H15ClF2INO2. The van der Waals surface area contributed by atoms with Gasteiger partial charge >= 0.3 is 0 Å². The molecule has 1 amide bonds. The fourth-order valence-electron chi connectivity index (χ4n) is 3.08. The third kappa shape index (κ3) is 4.06. The maximum Gasteiger partial charge on any atom is 0.254 e. The van der Waals surface area contributed by atoms with Gasteiger partial charge in [-0.15, -0.1) is 0 Å². The highest BCUT2D eigenvalue weighted by atomic mass is 127. The molecule has 3 rings (SSSR count). The summed E-state index contributed by atoms with van der Waals surface area (Å²) in [6, 6.07) is 8.01. The quantitative estimate of drug-likeness (QED) is 0.452. The summed E-state index contributed by atoms with van der Waals surface area (Å²) in [7, 11) is 0. The highest BCUT2D eigenvalue weighted by Crippen LogP contribution is 2.26. The summed E-state index contributed by atoms with van der Waals surface area (Å²) in [5.41, 5.74) is 0.304. The summed E-state index contributed by atoms with van der Waals surface area (Å²) >= 11 is 8.06. The molecule has 0 atom stereocenters. The van der Waals surface area contributed by atoms with Crippen molar-refractivity contribution in [3.8, 4) is 0 Å². The molecule has 1 fully saturated rings. The topological polar surface area (TPSA) is 37.4 Å². The van der Waals surface area contributed by atoms with Crippen LogP contribution in [0.1, 0.15) is 33.6 Å². The number of amides is 1. The first kappa shape index (κ1) is 19.2. The van der Waals surface area contributed by atoms with Gasteiger partial charge in [-0.1, -0.05) is 11.6 Å². The zero-order valence-corrected chi connectivity index (χ0v) is 16.6. The lowest BCUT2D eigenvalue weighted by molar-refractivity contribution is 0.0648. The number of carbonyl (C=O) groups excluding carboxylic acids is 2. The number of halogens is 4. The van der Waals surface area contributed by atoms with Gasteiger partial charge in [-0.25, -0.2) is 8.78 Å². The maximum absolute atomic E-state index is 13.8. The molecule has 26 heavy (non-hydrogen) atoms. The number of Topliss-reactive ketones (excluding diaryl/α,β-unsaturated/α-hetero) is 1. The largest absolute Gasteiger partial charge is 0.339 e. The van der Waals surface area contributed by atoms with E-state index in [4.69, 9.17) is 11.6 Å². The SMILES string of the molecule is O=C(c1cc(F)ccc1F)C1CCN(C(=O)c2cc(Cl)ccc2I)CC1. The molecule has 1 aliphatic heterocycles. The molecule has 7 heteroatoms. The van der Waals surface area contributed by atoms with Gasteiger partial charge in [0.2, 0.25) is 0 Å². The minimum atomic E-state index is -0.719. The average Bonchev–Trinajstić information content (AvgIpc) is 2.64. The van der Waals surface area contributed by atoms with Gasteiger partial charge in [0.1, 0.15) is 11.6 Å². The Hall–Kier alpha value is -1.54. The number of ketones is 1. The first-order valence-electron chi connectivity index (χ1n) is 8.10. The van der Waals surface area contributed by atoms with Crippen molar-refractivity contribution in [1.82, 2.24) is 4.90 Å². The monoisotopic (exact) mass is 489 g/mol. The van der Waals surface area contributed by atoms with E-state index in [-0.39, 0.29) is 11.5 Å². The van der Waals surface area contributed by atoms with Crippen molar-refractivity contribution in [2.75, 3.05) is 13.1 Å². The maximum atomic E-state index is 13.8. The third-order valence-corrected chi connectivity index (χ3v) is 5.68. The van der Waals surface area contributed by atoms with Crippen LogP contribution in [0.25, 0.3) is 0 Å². The second kappa shape index (κ2) is 8.00. The molecule has 0 aliphatic carbocycles. The normalized spacial score (nSPS) is 15.2. The van der Waals surface area contributed by atoms with Crippen molar-refractivity contribution in [3.05, 3.63) is 67.8 Å². The van der Waals surface area contributed by atoms with Gasteiger partial charge < -0.3 is 4.90 Å². The smallest absolute Gasteiger partial charge is 0.254 e. The summed E-state index contributed by atoms with van der Waals surface area (Å²) in [5, 5.41) is 0.486. The van der Waals surface area contributed by atoms with Crippen LogP contribution in [0.15, 0.2) is 36.4 Å². The molecule has 0 spiro atoms. The molecule has 3 nitrogen and oxygen atoms in total. The van der Waals surface area contributed by atoms with E-state index in [2.05, 4.69) is 22.6 Å². The summed E-state index contributed by atoms with van der Waals surface area (Å²) < 4.78 is 27.9. The minimum absolute atomic E-state index is 0.139. The van der Waals surface area contributed by atoms with Gasteiger partial charge in [0.25, 0.3) is 5.91 Å². The Morgan fingerprint density at radius 1 is 1.04 bits per heavy atom. The van der Waals surface area contributed by atoms with Crippen molar-refractivity contribution >= 4 is 45.9 Å². The Morgan fingerprint density at radius 2 is 1.73 bits per heavy atom. The summed E-state index contributed by atoms with van der Waals surface area (Å²) in [6.07, 6.45) is 0.829. The Kier molecular flexibility index (Phi) is 5.92. The molecule has 1 aliphatic rings. The van der Waals surface area contributed by atoms with Crippen LogP contribution in [0.4, 0.5) is 8.78 Å². The number of hydrogen-bond donors (Lipinski definition) is 0. The zero-order chi connectivity index (χ0) is 18.8. The van der Waals surface area contributed by atoms with E-state index in [0.29, 0.717) is 36.5 Å². The number of benzene rings is 2. The first-order chi connectivity index (χ1) is 12.4. The molecule has 1 saturated heterocycles. The van der Waals surface area contributed by atoms with Gasteiger partial charge in [0.15, 0.2) is 5.78 Å².